The summed E-state index contributed by atoms with van der Waals surface area (Å²) in [5, 5.41) is 3.81. The van der Waals surface area contributed by atoms with Crippen LogP contribution in [0.15, 0.2) is 0 Å². The lowest BCUT2D eigenvalue weighted by Gasteiger charge is -2.74. The highest BCUT2D eigenvalue weighted by molar-refractivity contribution is 8.01. The minimum atomic E-state index is 0.923. The number of thioether (sulfide) groups is 2. The fourth-order valence-electron chi connectivity index (χ4n) is 13.0. The van der Waals surface area contributed by atoms with Crippen LogP contribution in [0.4, 0.5) is 0 Å². The molecule has 4 aliphatic heterocycles. The first-order valence-electron chi connectivity index (χ1n) is 17.0. The zero-order valence-corrected chi connectivity index (χ0v) is 25.2. The third kappa shape index (κ3) is 3.48. The molecule has 9 fully saturated rings. The van der Waals surface area contributed by atoms with Crippen molar-refractivity contribution in [3.05, 3.63) is 0 Å². The lowest BCUT2D eigenvalue weighted by molar-refractivity contribution is -0.0602. The monoisotopic (exact) mass is 538 g/mol. The number of nitrogens with zero attached hydrogens (tertiary/aromatic N) is 2. The molecule has 0 amide bonds. The average molecular weight is 539 g/mol. The molecule has 14 atom stereocenters. The van der Waals surface area contributed by atoms with Crippen molar-refractivity contribution >= 4 is 30.2 Å². The number of fused-ring (bicyclic) bond motifs is 10. The summed E-state index contributed by atoms with van der Waals surface area (Å²) in [5.74, 6) is 4.96. The first-order valence-corrected chi connectivity index (χ1v) is 18.9. The van der Waals surface area contributed by atoms with E-state index < -0.39 is 0 Å². The van der Waals surface area contributed by atoms with Crippen molar-refractivity contribution in [2.24, 2.45) is 11.8 Å². The molecule has 0 aromatic rings. The van der Waals surface area contributed by atoms with E-state index >= 15 is 0 Å². The first kappa shape index (κ1) is 24.3. The molecule has 9 aliphatic rings. The van der Waals surface area contributed by atoms with E-state index in [0.717, 1.165) is 93.3 Å². The number of hydrogen-bond donors (Lipinski definition) is 0. The van der Waals surface area contributed by atoms with Crippen LogP contribution >= 0.6 is 23.5 Å². The van der Waals surface area contributed by atoms with Crippen LogP contribution in [0.5, 0.6) is 0 Å². The summed E-state index contributed by atoms with van der Waals surface area (Å²) in [4.78, 5) is 6.78. The Morgan fingerprint density at radius 3 is 1.51 bits per heavy atom. The van der Waals surface area contributed by atoms with Crippen molar-refractivity contribution in [2.45, 2.75) is 185 Å². The Bertz CT molecular complexity index is 834. The topological polar surface area (TPSA) is 6.48 Å². The maximum Gasteiger partial charge on any atom is 0.157 e. The summed E-state index contributed by atoms with van der Waals surface area (Å²) in [6.45, 7) is 6.31. The van der Waals surface area contributed by atoms with E-state index in [4.69, 9.17) is 0 Å². The molecule has 9 rings (SSSR count). The maximum absolute atomic E-state index is 3.39. The van der Waals surface area contributed by atoms with Crippen LogP contribution in [0.1, 0.15) is 110 Å². The van der Waals surface area contributed by atoms with Crippen molar-refractivity contribution < 1.29 is 0 Å². The highest BCUT2D eigenvalue weighted by Gasteiger charge is 2.70. The molecule has 0 N–H and O–H groups in total. The van der Waals surface area contributed by atoms with Crippen LogP contribution in [0.3, 0.4) is 0 Å². The zero-order valence-electron chi connectivity index (χ0n) is 23.6. The van der Waals surface area contributed by atoms with Crippen molar-refractivity contribution in [2.75, 3.05) is 0 Å². The molecule has 0 aromatic heterocycles. The van der Waals surface area contributed by atoms with Gasteiger partial charge in [-0.25, -0.2) is 0 Å². The molecule has 5 aliphatic carbocycles. The molecule has 4 saturated heterocycles. The maximum atomic E-state index is 3.39. The van der Waals surface area contributed by atoms with Gasteiger partial charge in [0.15, 0.2) is 6.71 Å². The minimum Gasteiger partial charge on any atom is -0.293 e. The molecule has 37 heavy (non-hydrogen) atoms. The van der Waals surface area contributed by atoms with Crippen LogP contribution < -0.4 is 0 Å². The lowest BCUT2D eigenvalue weighted by atomic mass is 9.18. The van der Waals surface area contributed by atoms with Gasteiger partial charge in [0.1, 0.15) is 0 Å². The third-order valence-corrected chi connectivity index (χ3v) is 17.4. The second kappa shape index (κ2) is 9.09. The Labute approximate surface area is 236 Å². The lowest BCUT2D eigenvalue weighted by Crippen LogP contribution is -2.81. The molecular formula is C32H51BN2S2. The standard InChI is InChI=1S/C32H51BN2S2/c1-18-11-13-22-20(15-18)33-21-16-19(2)12-14-23(21)35-25-8-4-6-10-27(25)37-29-17-28-31(30(33)32(29)35)34(22)24-7-3-5-9-26(24)36-28/h18-32H,3-17H2,1-2H3. The van der Waals surface area contributed by atoms with Crippen LogP contribution in [-0.2, 0) is 0 Å². The van der Waals surface area contributed by atoms with E-state index in [1.165, 1.54) is 77.0 Å². The molecule has 5 heteroatoms. The van der Waals surface area contributed by atoms with Gasteiger partial charge in [-0.15, -0.1) is 0 Å². The van der Waals surface area contributed by atoms with E-state index in [9.17, 15) is 0 Å². The Hall–Kier alpha value is 0.685. The van der Waals surface area contributed by atoms with Gasteiger partial charge in [-0.1, -0.05) is 52.4 Å². The molecule has 2 nitrogen and oxygen atoms in total. The van der Waals surface area contributed by atoms with Crippen molar-refractivity contribution in [3.8, 4) is 0 Å². The molecule has 0 spiro atoms. The number of hydrogen-bond acceptors (Lipinski definition) is 4. The van der Waals surface area contributed by atoms with Crippen molar-refractivity contribution in [3.63, 3.8) is 0 Å². The molecular weight excluding hydrogens is 487 g/mol. The SMILES string of the molecule is CC1CCC2C(C1)B1C3CC(C)CCC3N3C4CCCCC4SC4CC5SC6CCCCC6N2C5C1C43. The van der Waals surface area contributed by atoms with Crippen LogP contribution in [0.25, 0.3) is 0 Å². The van der Waals surface area contributed by atoms with Crippen LogP contribution in [0, 0.1) is 11.8 Å². The Morgan fingerprint density at radius 2 is 1.00 bits per heavy atom. The normalized spacial score (nSPS) is 58.9. The highest BCUT2D eigenvalue weighted by Crippen LogP contribution is 2.68. The fourth-order valence-corrected chi connectivity index (χ4v) is 17.1. The van der Waals surface area contributed by atoms with Gasteiger partial charge in [0.05, 0.1) is 0 Å². The van der Waals surface area contributed by atoms with Gasteiger partial charge in [0.2, 0.25) is 0 Å². The average Bonchev–Trinajstić information content (AvgIpc) is 2.91. The minimum absolute atomic E-state index is 0.923. The van der Waals surface area contributed by atoms with E-state index in [-0.39, 0.29) is 0 Å². The van der Waals surface area contributed by atoms with Crippen LogP contribution in [-0.4, -0.2) is 73.8 Å². The van der Waals surface area contributed by atoms with Gasteiger partial charge in [-0.05, 0) is 87.1 Å². The predicted molar refractivity (Wildman–Crippen MR) is 161 cm³/mol. The molecule has 0 radical (unpaired) electrons. The third-order valence-electron chi connectivity index (χ3n) is 14.0. The van der Waals surface area contributed by atoms with Gasteiger partial charge in [-0.3, -0.25) is 9.80 Å². The largest absolute Gasteiger partial charge is 0.293 e. The first-order chi connectivity index (χ1) is 18.2. The van der Waals surface area contributed by atoms with Crippen molar-refractivity contribution in [1.82, 2.24) is 9.80 Å². The van der Waals surface area contributed by atoms with Gasteiger partial charge >= 0.3 is 0 Å². The summed E-state index contributed by atoms with van der Waals surface area (Å²) in [7, 11) is 0. The molecule has 204 valence electrons. The zero-order chi connectivity index (χ0) is 24.4. The van der Waals surface area contributed by atoms with Crippen LogP contribution in [0.2, 0.25) is 17.5 Å². The quantitative estimate of drug-likeness (QED) is 0.293. The molecule has 4 heterocycles. The van der Waals surface area contributed by atoms with E-state index in [2.05, 4.69) is 47.2 Å². The van der Waals surface area contributed by atoms with Gasteiger partial charge in [0, 0.05) is 57.3 Å². The van der Waals surface area contributed by atoms with E-state index in [1.807, 2.05) is 0 Å². The number of rotatable bonds is 0. The fraction of sp³-hybridized carbons (Fsp3) is 1.00. The summed E-state index contributed by atoms with van der Waals surface area (Å²) in [6, 6.07) is 5.58. The molecule has 0 aromatic carbocycles. The van der Waals surface area contributed by atoms with E-state index in [1.54, 1.807) is 19.3 Å². The second-order valence-corrected chi connectivity index (χ2v) is 18.7. The Balaban J connectivity index is 1.20. The van der Waals surface area contributed by atoms with E-state index in [0.29, 0.717) is 0 Å². The molecule has 5 saturated carbocycles. The Kier molecular flexibility index (Phi) is 5.97. The summed E-state index contributed by atoms with van der Waals surface area (Å²) < 4.78 is 0. The highest BCUT2D eigenvalue weighted by atomic mass is 32.2. The smallest absolute Gasteiger partial charge is 0.157 e. The van der Waals surface area contributed by atoms with Gasteiger partial charge < -0.3 is 0 Å². The van der Waals surface area contributed by atoms with Crippen molar-refractivity contribution in [1.29, 1.82) is 0 Å². The summed E-state index contributed by atoms with van der Waals surface area (Å²) >= 11 is 5.13. The summed E-state index contributed by atoms with van der Waals surface area (Å²) in [6.07, 6.45) is 22.9. The summed E-state index contributed by atoms with van der Waals surface area (Å²) in [5.41, 5.74) is 0. The second-order valence-electron chi connectivity index (χ2n) is 15.7. The Morgan fingerprint density at radius 1 is 0.514 bits per heavy atom. The molecule has 14 unspecified atom stereocenters. The predicted octanol–water partition coefficient (Wildman–Crippen LogP) is 7.59. The molecule has 0 bridgehead atoms. The van der Waals surface area contributed by atoms with Gasteiger partial charge in [-0.2, -0.15) is 23.5 Å². The van der Waals surface area contributed by atoms with Gasteiger partial charge in [0.25, 0.3) is 0 Å².